The quantitative estimate of drug-likeness (QED) is 0.786. The van der Waals surface area contributed by atoms with Crippen molar-refractivity contribution < 1.29 is 13.9 Å². The first-order valence-corrected chi connectivity index (χ1v) is 4.77. The second-order valence-corrected chi connectivity index (χ2v) is 4.22. The lowest BCUT2D eigenvalue weighted by Gasteiger charge is -2.22. The van der Waals surface area contributed by atoms with E-state index in [-0.39, 0.29) is 23.6 Å². The summed E-state index contributed by atoms with van der Waals surface area (Å²) in [5, 5.41) is 8.75. The van der Waals surface area contributed by atoms with Crippen molar-refractivity contribution in [1.82, 2.24) is 0 Å². The Labute approximate surface area is 91.7 Å². The largest absolute Gasteiger partial charge is 0.394 e. The minimum atomic E-state index is -1.06. The highest BCUT2D eigenvalue weighted by molar-refractivity contribution is 6.30. The van der Waals surface area contributed by atoms with Crippen LogP contribution in [0, 0.1) is 11.6 Å². The van der Waals surface area contributed by atoms with Gasteiger partial charge in [-0.1, -0.05) is 11.6 Å². The van der Waals surface area contributed by atoms with E-state index in [1.165, 1.54) is 6.92 Å². The molecule has 3 N–H and O–H groups in total. The second-order valence-electron chi connectivity index (χ2n) is 3.81. The summed E-state index contributed by atoms with van der Waals surface area (Å²) < 4.78 is 26.7. The first-order valence-electron chi connectivity index (χ1n) is 4.39. The topological polar surface area (TPSA) is 46.2 Å². The lowest BCUT2D eigenvalue weighted by Crippen LogP contribution is -2.42. The number of aliphatic hydroxyl groups excluding tert-OH is 1. The normalized spacial score (nSPS) is 15.1. The maximum Gasteiger partial charge on any atom is 0.147 e. The van der Waals surface area contributed by atoms with Crippen molar-refractivity contribution in [2.24, 2.45) is 5.73 Å². The van der Waals surface area contributed by atoms with Gasteiger partial charge in [-0.05, 0) is 25.5 Å². The first-order chi connectivity index (χ1) is 6.87. The lowest BCUT2D eigenvalue weighted by atomic mass is 9.94. The van der Waals surface area contributed by atoms with Gasteiger partial charge in [0.15, 0.2) is 0 Å². The molecule has 0 bridgehead atoms. The SMILES string of the molecule is CC(N)(CO)Cc1c(F)ccc(Cl)c1F. The van der Waals surface area contributed by atoms with E-state index in [1.807, 2.05) is 0 Å². The minimum absolute atomic E-state index is 0.109. The van der Waals surface area contributed by atoms with E-state index in [9.17, 15) is 8.78 Å². The fourth-order valence-electron chi connectivity index (χ4n) is 1.19. The Morgan fingerprint density at radius 2 is 2.07 bits per heavy atom. The molecule has 0 heterocycles. The van der Waals surface area contributed by atoms with Crippen LogP contribution in [0.1, 0.15) is 12.5 Å². The zero-order chi connectivity index (χ0) is 11.6. The van der Waals surface area contributed by atoms with Crippen LogP contribution in [0.5, 0.6) is 0 Å². The molecule has 0 saturated heterocycles. The van der Waals surface area contributed by atoms with Gasteiger partial charge in [0.25, 0.3) is 0 Å². The smallest absolute Gasteiger partial charge is 0.147 e. The number of halogens is 3. The third-order valence-electron chi connectivity index (χ3n) is 2.08. The first kappa shape index (κ1) is 12.4. The van der Waals surface area contributed by atoms with Crippen LogP contribution in [0.3, 0.4) is 0 Å². The summed E-state index contributed by atoms with van der Waals surface area (Å²) in [4.78, 5) is 0. The summed E-state index contributed by atoms with van der Waals surface area (Å²) >= 11 is 5.51. The number of rotatable bonds is 3. The molecule has 0 spiro atoms. The maximum atomic E-state index is 13.4. The van der Waals surface area contributed by atoms with Crippen LogP contribution in [0.25, 0.3) is 0 Å². The van der Waals surface area contributed by atoms with Gasteiger partial charge >= 0.3 is 0 Å². The number of benzene rings is 1. The summed E-state index contributed by atoms with van der Waals surface area (Å²) in [6.07, 6.45) is -0.109. The van der Waals surface area contributed by atoms with E-state index in [4.69, 9.17) is 22.4 Å². The van der Waals surface area contributed by atoms with Gasteiger partial charge in [-0.25, -0.2) is 8.78 Å². The highest BCUT2D eigenvalue weighted by atomic mass is 35.5. The molecular formula is C10H12ClF2NO. The number of hydrogen-bond acceptors (Lipinski definition) is 2. The highest BCUT2D eigenvalue weighted by Crippen LogP contribution is 2.23. The van der Waals surface area contributed by atoms with Crippen LogP contribution in [0.4, 0.5) is 8.78 Å². The van der Waals surface area contributed by atoms with Gasteiger partial charge in [-0.3, -0.25) is 0 Å². The Morgan fingerprint density at radius 1 is 1.47 bits per heavy atom. The van der Waals surface area contributed by atoms with Crippen LogP contribution in [0.2, 0.25) is 5.02 Å². The molecular weight excluding hydrogens is 224 g/mol. The molecule has 0 aliphatic carbocycles. The van der Waals surface area contributed by atoms with Gasteiger partial charge in [0, 0.05) is 11.1 Å². The van der Waals surface area contributed by atoms with Gasteiger partial charge < -0.3 is 10.8 Å². The van der Waals surface area contributed by atoms with E-state index in [1.54, 1.807) is 0 Å². The van der Waals surface area contributed by atoms with Crippen molar-refractivity contribution in [2.75, 3.05) is 6.61 Å². The van der Waals surface area contributed by atoms with Crippen LogP contribution >= 0.6 is 11.6 Å². The Bertz CT molecular complexity index is 369. The molecule has 0 fully saturated rings. The van der Waals surface area contributed by atoms with Crippen molar-refractivity contribution in [1.29, 1.82) is 0 Å². The van der Waals surface area contributed by atoms with Crippen molar-refractivity contribution in [3.63, 3.8) is 0 Å². The number of aliphatic hydroxyl groups is 1. The summed E-state index contributed by atoms with van der Waals surface area (Å²) in [6.45, 7) is 1.14. The van der Waals surface area contributed by atoms with E-state index >= 15 is 0 Å². The molecule has 0 aliphatic heterocycles. The molecule has 0 aliphatic rings. The molecule has 1 atom stereocenters. The molecule has 0 amide bonds. The van der Waals surface area contributed by atoms with Crippen LogP contribution in [-0.4, -0.2) is 17.3 Å². The Morgan fingerprint density at radius 3 is 2.60 bits per heavy atom. The number of hydrogen-bond donors (Lipinski definition) is 2. The zero-order valence-electron chi connectivity index (χ0n) is 8.23. The monoisotopic (exact) mass is 235 g/mol. The van der Waals surface area contributed by atoms with Gasteiger partial charge in [-0.2, -0.15) is 0 Å². The Hall–Kier alpha value is -0.710. The van der Waals surface area contributed by atoms with Crippen molar-refractivity contribution in [2.45, 2.75) is 18.9 Å². The Balaban J connectivity index is 3.09. The van der Waals surface area contributed by atoms with Crippen molar-refractivity contribution in [3.05, 3.63) is 34.4 Å². The van der Waals surface area contributed by atoms with E-state index in [0.717, 1.165) is 12.1 Å². The molecule has 1 aromatic carbocycles. The van der Waals surface area contributed by atoms with E-state index in [0.29, 0.717) is 0 Å². The molecule has 1 rings (SSSR count). The summed E-state index contributed by atoms with van der Waals surface area (Å²) in [6, 6.07) is 2.22. The fourth-order valence-corrected chi connectivity index (χ4v) is 1.37. The predicted molar refractivity (Wildman–Crippen MR) is 54.8 cm³/mol. The lowest BCUT2D eigenvalue weighted by molar-refractivity contribution is 0.206. The second kappa shape index (κ2) is 4.43. The summed E-state index contributed by atoms with van der Waals surface area (Å²) in [5.74, 6) is -1.52. The molecule has 5 heteroatoms. The minimum Gasteiger partial charge on any atom is -0.394 e. The van der Waals surface area contributed by atoms with E-state index in [2.05, 4.69) is 0 Å². The fraction of sp³-hybridized carbons (Fsp3) is 0.400. The predicted octanol–water partition coefficient (Wildman–Crippen LogP) is 1.87. The average molecular weight is 236 g/mol. The average Bonchev–Trinajstić information content (AvgIpc) is 2.19. The molecule has 1 unspecified atom stereocenters. The summed E-state index contributed by atoms with van der Waals surface area (Å²) in [7, 11) is 0. The standard InChI is InChI=1S/C10H12ClF2NO/c1-10(14,5-15)4-6-8(12)3-2-7(11)9(6)13/h2-3,15H,4-5,14H2,1H3. The zero-order valence-corrected chi connectivity index (χ0v) is 8.98. The van der Waals surface area contributed by atoms with Crippen LogP contribution in [-0.2, 0) is 6.42 Å². The van der Waals surface area contributed by atoms with Gasteiger partial charge in [0.2, 0.25) is 0 Å². The Kier molecular flexibility index (Phi) is 3.65. The number of nitrogens with two attached hydrogens (primary N) is 1. The third-order valence-corrected chi connectivity index (χ3v) is 2.37. The molecule has 15 heavy (non-hydrogen) atoms. The molecule has 2 nitrogen and oxygen atoms in total. The van der Waals surface area contributed by atoms with Crippen molar-refractivity contribution in [3.8, 4) is 0 Å². The van der Waals surface area contributed by atoms with Gasteiger partial charge in [-0.15, -0.1) is 0 Å². The van der Waals surface area contributed by atoms with Gasteiger partial charge in [0.05, 0.1) is 11.6 Å². The van der Waals surface area contributed by atoms with Crippen molar-refractivity contribution >= 4 is 11.6 Å². The van der Waals surface area contributed by atoms with Gasteiger partial charge in [0.1, 0.15) is 11.6 Å². The van der Waals surface area contributed by atoms with Crippen LogP contribution in [0.15, 0.2) is 12.1 Å². The maximum absolute atomic E-state index is 13.4. The highest BCUT2D eigenvalue weighted by Gasteiger charge is 2.23. The van der Waals surface area contributed by atoms with E-state index < -0.39 is 17.2 Å². The molecule has 0 aromatic heterocycles. The third kappa shape index (κ3) is 2.87. The molecule has 0 radical (unpaired) electrons. The molecule has 1 aromatic rings. The molecule has 0 saturated carbocycles. The van der Waals surface area contributed by atoms with Crippen LogP contribution < -0.4 is 5.73 Å². The summed E-state index contributed by atoms with van der Waals surface area (Å²) in [5.41, 5.74) is 4.35. The molecule has 84 valence electrons.